The lowest BCUT2D eigenvalue weighted by Gasteiger charge is -2.25. The Hall–Kier alpha value is -2.24. The molecule has 3 atom stereocenters. The van der Waals surface area contributed by atoms with E-state index in [1.165, 1.54) is 4.90 Å². The molecule has 2 fully saturated rings. The first-order valence-corrected chi connectivity index (χ1v) is 8.19. The lowest BCUT2D eigenvalue weighted by Crippen LogP contribution is -2.36. The van der Waals surface area contributed by atoms with Crippen LogP contribution in [0.2, 0.25) is 5.02 Å². The molecular weight excluding hydrogens is 326 g/mol. The van der Waals surface area contributed by atoms with E-state index in [1.807, 2.05) is 19.2 Å². The highest BCUT2D eigenvalue weighted by Gasteiger charge is 2.57. The van der Waals surface area contributed by atoms with Gasteiger partial charge in [-0.1, -0.05) is 17.7 Å². The molecule has 0 bridgehead atoms. The lowest BCUT2D eigenvalue weighted by molar-refractivity contribution is -0.123. The maximum atomic E-state index is 13.0. The quantitative estimate of drug-likeness (QED) is 0.788. The Morgan fingerprint density at radius 1 is 1.12 bits per heavy atom. The van der Waals surface area contributed by atoms with Gasteiger partial charge in [-0.15, -0.1) is 0 Å². The van der Waals surface area contributed by atoms with E-state index in [2.05, 4.69) is 9.88 Å². The fourth-order valence-electron chi connectivity index (χ4n) is 3.85. The number of hydrogen-bond donors (Lipinski definition) is 0. The van der Waals surface area contributed by atoms with Gasteiger partial charge in [0.1, 0.15) is 0 Å². The zero-order chi connectivity index (χ0) is 16.8. The van der Waals surface area contributed by atoms with Crippen molar-refractivity contribution in [3.8, 4) is 0 Å². The third-order valence-corrected chi connectivity index (χ3v) is 5.14. The van der Waals surface area contributed by atoms with Crippen LogP contribution in [0.1, 0.15) is 11.6 Å². The number of imide groups is 1. The Morgan fingerprint density at radius 2 is 1.88 bits per heavy atom. The SMILES string of the molecule is CN1C[C@H]2C(=O)N(c3ccc(Cl)cc3)C(=O)[C@H]2[C@H]1c1cccnc1. The Balaban J connectivity index is 1.72. The molecular formula is C18H16ClN3O2. The van der Waals surface area contributed by atoms with Gasteiger partial charge in [-0.2, -0.15) is 0 Å². The Kier molecular flexibility index (Phi) is 3.62. The zero-order valence-electron chi connectivity index (χ0n) is 13.1. The third-order valence-electron chi connectivity index (χ3n) is 4.89. The summed E-state index contributed by atoms with van der Waals surface area (Å²) < 4.78 is 0. The molecule has 24 heavy (non-hydrogen) atoms. The average molecular weight is 342 g/mol. The summed E-state index contributed by atoms with van der Waals surface area (Å²) in [6.45, 7) is 0.568. The predicted octanol–water partition coefficient (Wildman–Crippen LogP) is 2.53. The van der Waals surface area contributed by atoms with Crippen LogP contribution >= 0.6 is 11.6 Å². The van der Waals surface area contributed by atoms with Gasteiger partial charge in [0.05, 0.1) is 17.5 Å². The fraction of sp³-hybridized carbons (Fsp3) is 0.278. The summed E-state index contributed by atoms with van der Waals surface area (Å²) >= 11 is 5.91. The summed E-state index contributed by atoms with van der Waals surface area (Å²) in [6, 6.07) is 10.5. The highest BCUT2D eigenvalue weighted by Crippen LogP contribution is 2.46. The average Bonchev–Trinajstić information content (AvgIpc) is 3.05. The summed E-state index contributed by atoms with van der Waals surface area (Å²) in [4.78, 5) is 33.4. The number of anilines is 1. The second-order valence-electron chi connectivity index (χ2n) is 6.29. The maximum Gasteiger partial charge on any atom is 0.239 e. The van der Waals surface area contributed by atoms with Crippen LogP contribution in [0.25, 0.3) is 0 Å². The molecule has 2 amide bonds. The van der Waals surface area contributed by atoms with Crippen LogP contribution in [0, 0.1) is 11.8 Å². The minimum atomic E-state index is -0.373. The highest BCUT2D eigenvalue weighted by molar-refractivity contribution is 6.30. The van der Waals surface area contributed by atoms with Gasteiger partial charge < -0.3 is 0 Å². The largest absolute Gasteiger partial charge is 0.298 e. The number of rotatable bonds is 2. The van der Waals surface area contributed by atoms with Crippen molar-refractivity contribution in [2.75, 3.05) is 18.5 Å². The number of nitrogens with zero attached hydrogens (tertiary/aromatic N) is 3. The molecule has 0 N–H and O–H groups in total. The lowest BCUT2D eigenvalue weighted by atomic mass is 9.89. The molecule has 4 rings (SSSR count). The first kappa shape index (κ1) is 15.3. The van der Waals surface area contributed by atoms with Crippen molar-refractivity contribution in [3.05, 3.63) is 59.4 Å². The number of carbonyl (C=O) groups excluding carboxylic acids is 2. The molecule has 0 radical (unpaired) electrons. The molecule has 3 heterocycles. The summed E-state index contributed by atoms with van der Waals surface area (Å²) in [5, 5.41) is 0.575. The third kappa shape index (κ3) is 2.24. The van der Waals surface area contributed by atoms with Gasteiger partial charge >= 0.3 is 0 Å². The minimum Gasteiger partial charge on any atom is -0.298 e. The molecule has 2 aliphatic rings. The Bertz CT molecular complexity index is 794. The van der Waals surface area contributed by atoms with Crippen LogP contribution in [-0.2, 0) is 9.59 Å². The number of benzene rings is 1. The normalized spacial score (nSPS) is 26.9. The number of halogens is 1. The van der Waals surface area contributed by atoms with E-state index in [1.54, 1.807) is 36.7 Å². The van der Waals surface area contributed by atoms with Crippen LogP contribution in [0.3, 0.4) is 0 Å². The van der Waals surface area contributed by atoms with E-state index < -0.39 is 0 Å². The van der Waals surface area contributed by atoms with Crippen LogP contribution in [0.5, 0.6) is 0 Å². The van der Waals surface area contributed by atoms with Crippen LogP contribution in [0.15, 0.2) is 48.8 Å². The standard InChI is InChI=1S/C18H16ClN3O2/c1-21-10-14-15(16(21)11-3-2-8-20-9-11)18(24)22(17(14)23)13-6-4-12(19)5-7-13/h2-9,14-16H,10H2,1H3/t14-,15-,16-/m1/s1. The van der Waals surface area contributed by atoms with Gasteiger partial charge in [0.15, 0.2) is 0 Å². The van der Waals surface area contributed by atoms with E-state index in [-0.39, 0.29) is 29.7 Å². The van der Waals surface area contributed by atoms with Crippen LogP contribution in [0.4, 0.5) is 5.69 Å². The summed E-state index contributed by atoms with van der Waals surface area (Å²) in [7, 11) is 1.95. The van der Waals surface area contributed by atoms with E-state index >= 15 is 0 Å². The monoisotopic (exact) mass is 341 g/mol. The van der Waals surface area contributed by atoms with Crippen molar-refractivity contribution < 1.29 is 9.59 Å². The second kappa shape index (κ2) is 5.69. The Morgan fingerprint density at radius 3 is 2.54 bits per heavy atom. The number of carbonyl (C=O) groups is 2. The molecule has 0 saturated carbocycles. The topological polar surface area (TPSA) is 53.5 Å². The smallest absolute Gasteiger partial charge is 0.239 e. The first-order chi connectivity index (χ1) is 11.6. The van der Waals surface area contributed by atoms with E-state index in [9.17, 15) is 9.59 Å². The van der Waals surface area contributed by atoms with Crippen molar-refractivity contribution in [2.45, 2.75) is 6.04 Å². The van der Waals surface area contributed by atoms with Gasteiger partial charge in [-0.3, -0.25) is 19.5 Å². The Labute approximate surface area is 144 Å². The van der Waals surface area contributed by atoms with Crippen molar-refractivity contribution in [1.82, 2.24) is 9.88 Å². The number of fused-ring (bicyclic) bond motifs is 1. The van der Waals surface area contributed by atoms with Crippen LogP contribution < -0.4 is 4.90 Å². The summed E-state index contributed by atoms with van der Waals surface area (Å²) in [5.74, 6) is -0.971. The predicted molar refractivity (Wildman–Crippen MR) is 90.5 cm³/mol. The van der Waals surface area contributed by atoms with Crippen molar-refractivity contribution in [2.24, 2.45) is 11.8 Å². The van der Waals surface area contributed by atoms with Crippen molar-refractivity contribution >= 4 is 29.1 Å². The molecule has 6 heteroatoms. The number of aromatic nitrogens is 1. The summed E-state index contributed by atoms with van der Waals surface area (Å²) in [5.41, 5.74) is 1.54. The molecule has 2 aromatic rings. The number of likely N-dealkylation sites (tertiary alicyclic amines) is 1. The molecule has 1 aromatic carbocycles. The molecule has 0 aliphatic carbocycles. The molecule has 0 spiro atoms. The van der Waals surface area contributed by atoms with Gasteiger partial charge in [0.25, 0.3) is 0 Å². The highest BCUT2D eigenvalue weighted by atomic mass is 35.5. The molecule has 122 valence electrons. The van der Waals surface area contributed by atoms with Crippen molar-refractivity contribution in [3.63, 3.8) is 0 Å². The van der Waals surface area contributed by atoms with E-state index in [0.717, 1.165) is 5.56 Å². The maximum absolute atomic E-state index is 13.0. The van der Waals surface area contributed by atoms with Gasteiger partial charge in [-0.05, 0) is 42.9 Å². The molecule has 1 aromatic heterocycles. The van der Waals surface area contributed by atoms with E-state index in [4.69, 9.17) is 11.6 Å². The number of hydrogen-bond acceptors (Lipinski definition) is 4. The van der Waals surface area contributed by atoms with Gasteiger partial charge in [-0.25, -0.2) is 4.90 Å². The van der Waals surface area contributed by atoms with Gasteiger partial charge in [0.2, 0.25) is 11.8 Å². The molecule has 2 aliphatic heterocycles. The zero-order valence-corrected chi connectivity index (χ0v) is 13.8. The second-order valence-corrected chi connectivity index (χ2v) is 6.73. The van der Waals surface area contributed by atoms with E-state index in [0.29, 0.717) is 17.3 Å². The van der Waals surface area contributed by atoms with Gasteiger partial charge in [0, 0.05) is 30.0 Å². The summed E-state index contributed by atoms with van der Waals surface area (Å²) in [6.07, 6.45) is 3.48. The fourth-order valence-corrected chi connectivity index (χ4v) is 3.98. The number of amides is 2. The number of pyridine rings is 1. The minimum absolute atomic E-state index is 0.127. The molecule has 2 saturated heterocycles. The van der Waals surface area contributed by atoms with Crippen LogP contribution in [-0.4, -0.2) is 35.3 Å². The molecule has 5 nitrogen and oxygen atoms in total. The molecule has 0 unspecified atom stereocenters. The first-order valence-electron chi connectivity index (χ1n) is 7.81. The van der Waals surface area contributed by atoms with Crippen molar-refractivity contribution in [1.29, 1.82) is 0 Å².